The van der Waals surface area contributed by atoms with Crippen LogP contribution in [0.5, 0.6) is 0 Å². The topological polar surface area (TPSA) is 99.0 Å². The number of hydrogen-bond acceptors (Lipinski definition) is 5. The first-order valence-electron chi connectivity index (χ1n) is 19.3. The lowest BCUT2D eigenvalue weighted by Gasteiger charge is -2.05. The van der Waals surface area contributed by atoms with Crippen LogP contribution in [-0.2, 0) is 9.53 Å². The number of carboxylic acids is 1. The minimum atomic E-state index is -0.833. The van der Waals surface area contributed by atoms with E-state index in [0.29, 0.717) is 13.1 Å². The SMILES string of the molecule is CC(=O)O.CCCCCCCCCCCCCCCCOCCCCCCCCCCCCCCCC.OCCNCCO. The van der Waals surface area contributed by atoms with Crippen LogP contribution in [0, 0.1) is 0 Å². The van der Waals surface area contributed by atoms with Crippen LogP contribution in [-0.4, -0.2) is 60.8 Å². The van der Waals surface area contributed by atoms with Crippen LogP contribution in [0.4, 0.5) is 0 Å². The molecule has 0 saturated heterocycles. The smallest absolute Gasteiger partial charge is 0.300 e. The molecule has 0 aliphatic heterocycles. The largest absolute Gasteiger partial charge is 0.481 e. The highest BCUT2D eigenvalue weighted by Gasteiger charge is 1.96. The van der Waals surface area contributed by atoms with Crippen molar-refractivity contribution in [1.82, 2.24) is 5.32 Å². The summed E-state index contributed by atoms with van der Waals surface area (Å²) in [4.78, 5) is 9.00. The van der Waals surface area contributed by atoms with E-state index in [4.69, 9.17) is 24.9 Å². The zero-order valence-corrected chi connectivity index (χ0v) is 30.2. The van der Waals surface area contributed by atoms with Crippen molar-refractivity contribution in [2.24, 2.45) is 0 Å². The van der Waals surface area contributed by atoms with Gasteiger partial charge in [-0.05, 0) is 12.8 Å². The van der Waals surface area contributed by atoms with Crippen molar-refractivity contribution in [2.75, 3.05) is 39.5 Å². The van der Waals surface area contributed by atoms with E-state index in [2.05, 4.69) is 19.2 Å². The molecule has 0 aliphatic rings. The summed E-state index contributed by atoms with van der Waals surface area (Å²) in [6.45, 7) is 9.09. The molecule has 0 spiro atoms. The molecule has 44 heavy (non-hydrogen) atoms. The Morgan fingerprint density at radius 1 is 0.455 bits per heavy atom. The van der Waals surface area contributed by atoms with Crippen molar-refractivity contribution in [3.63, 3.8) is 0 Å². The molecule has 6 nitrogen and oxygen atoms in total. The molecule has 0 heterocycles. The Labute approximate surface area is 275 Å². The van der Waals surface area contributed by atoms with Gasteiger partial charge in [0.2, 0.25) is 0 Å². The third-order valence-corrected chi connectivity index (χ3v) is 7.86. The maximum absolute atomic E-state index is 9.00. The number of ether oxygens (including phenoxy) is 1. The van der Waals surface area contributed by atoms with Crippen molar-refractivity contribution in [1.29, 1.82) is 0 Å². The van der Waals surface area contributed by atoms with Gasteiger partial charge in [-0.3, -0.25) is 4.79 Å². The Morgan fingerprint density at radius 2 is 0.659 bits per heavy atom. The highest BCUT2D eigenvalue weighted by molar-refractivity contribution is 5.62. The molecule has 268 valence electrons. The molecule has 0 radical (unpaired) electrons. The van der Waals surface area contributed by atoms with Gasteiger partial charge in [-0.2, -0.15) is 0 Å². The van der Waals surface area contributed by atoms with E-state index < -0.39 is 5.97 Å². The Balaban J connectivity index is -0.00000129. The van der Waals surface area contributed by atoms with E-state index in [1.165, 1.54) is 180 Å². The summed E-state index contributed by atoms with van der Waals surface area (Å²) in [7, 11) is 0. The summed E-state index contributed by atoms with van der Waals surface area (Å²) < 4.78 is 5.85. The number of aliphatic hydroxyl groups excluding tert-OH is 2. The van der Waals surface area contributed by atoms with Gasteiger partial charge in [-0.1, -0.05) is 181 Å². The van der Waals surface area contributed by atoms with Gasteiger partial charge in [-0.25, -0.2) is 0 Å². The van der Waals surface area contributed by atoms with Crippen molar-refractivity contribution < 1.29 is 24.9 Å². The molecule has 0 aliphatic carbocycles. The van der Waals surface area contributed by atoms with Crippen LogP contribution in [0.15, 0.2) is 0 Å². The monoisotopic (exact) mass is 632 g/mol. The van der Waals surface area contributed by atoms with E-state index in [0.717, 1.165) is 20.1 Å². The fourth-order valence-electron chi connectivity index (χ4n) is 5.18. The Kier molecular flexibility index (Phi) is 53.3. The van der Waals surface area contributed by atoms with Gasteiger partial charge in [0.15, 0.2) is 0 Å². The van der Waals surface area contributed by atoms with Crippen molar-refractivity contribution >= 4 is 5.97 Å². The van der Waals surface area contributed by atoms with E-state index in [1.807, 2.05) is 0 Å². The second-order valence-electron chi connectivity index (χ2n) is 12.5. The number of rotatable bonds is 34. The molecule has 0 aromatic rings. The predicted molar refractivity (Wildman–Crippen MR) is 192 cm³/mol. The van der Waals surface area contributed by atoms with E-state index in [-0.39, 0.29) is 13.2 Å². The summed E-state index contributed by atoms with van der Waals surface area (Å²) >= 11 is 0. The standard InChI is InChI=1S/C32H66O.C4H11NO2.C2H4O2/c1-3-5-7-9-11-13-15-17-19-21-23-25-27-29-31-33-32-30-28-26-24-22-20-18-16-14-12-10-8-6-4-2;6-3-1-5-2-4-7;1-2(3)4/h3-32H2,1-2H3;5-7H,1-4H2;1H3,(H,3,4). The lowest BCUT2D eigenvalue weighted by Crippen LogP contribution is -2.21. The van der Waals surface area contributed by atoms with Crippen LogP contribution < -0.4 is 5.32 Å². The fraction of sp³-hybridized carbons (Fsp3) is 0.974. The molecule has 0 amide bonds. The van der Waals surface area contributed by atoms with Crippen molar-refractivity contribution in [2.45, 2.75) is 201 Å². The molecule has 6 heteroatoms. The lowest BCUT2D eigenvalue weighted by atomic mass is 10.0. The second-order valence-corrected chi connectivity index (χ2v) is 12.5. The normalized spacial score (nSPS) is 10.7. The Hall–Kier alpha value is -0.690. The van der Waals surface area contributed by atoms with Crippen molar-refractivity contribution in [3.05, 3.63) is 0 Å². The molecule has 0 aromatic heterocycles. The van der Waals surface area contributed by atoms with Crippen LogP contribution in [0.25, 0.3) is 0 Å². The summed E-state index contributed by atoms with van der Waals surface area (Å²) in [5.74, 6) is -0.833. The first-order chi connectivity index (χ1) is 21.6. The Morgan fingerprint density at radius 3 is 0.864 bits per heavy atom. The first kappa shape index (κ1) is 47.7. The van der Waals surface area contributed by atoms with Gasteiger partial charge >= 0.3 is 0 Å². The number of aliphatic carboxylic acids is 1. The van der Waals surface area contributed by atoms with Gasteiger partial charge in [0.05, 0.1) is 13.2 Å². The molecule has 0 fully saturated rings. The number of hydrogen-bond donors (Lipinski definition) is 4. The third-order valence-electron chi connectivity index (χ3n) is 7.86. The number of carbonyl (C=O) groups is 1. The molecular weight excluding hydrogens is 550 g/mol. The quantitative estimate of drug-likeness (QED) is 0.0527. The van der Waals surface area contributed by atoms with Crippen molar-refractivity contribution in [3.8, 4) is 0 Å². The Bertz CT molecular complexity index is 440. The molecule has 0 atom stereocenters. The minimum Gasteiger partial charge on any atom is -0.481 e. The number of nitrogens with one attached hydrogen (secondary N) is 1. The number of unbranched alkanes of at least 4 members (excludes halogenated alkanes) is 26. The molecule has 0 rings (SSSR count). The third kappa shape index (κ3) is 60.5. The predicted octanol–water partition coefficient (Wildman–Crippen LogP) is 10.6. The summed E-state index contributed by atoms with van der Waals surface area (Å²) in [6, 6.07) is 0. The van der Waals surface area contributed by atoms with Crippen LogP contribution in [0.1, 0.15) is 201 Å². The molecule has 0 unspecified atom stereocenters. The molecule has 0 aromatic carbocycles. The van der Waals surface area contributed by atoms with Crippen LogP contribution in [0.3, 0.4) is 0 Å². The highest BCUT2D eigenvalue weighted by Crippen LogP contribution is 2.14. The second kappa shape index (κ2) is 49.2. The maximum atomic E-state index is 9.00. The van der Waals surface area contributed by atoms with Gasteiger partial charge < -0.3 is 25.4 Å². The summed E-state index contributed by atoms with van der Waals surface area (Å²) in [5, 5.41) is 26.5. The average molecular weight is 632 g/mol. The number of carboxylic acid groups (broad SMARTS) is 1. The molecule has 0 bridgehead atoms. The van der Waals surface area contributed by atoms with E-state index in [1.54, 1.807) is 0 Å². The van der Waals surface area contributed by atoms with E-state index >= 15 is 0 Å². The van der Waals surface area contributed by atoms with Gasteiger partial charge in [0.1, 0.15) is 0 Å². The van der Waals surface area contributed by atoms with Gasteiger partial charge in [0.25, 0.3) is 5.97 Å². The lowest BCUT2D eigenvalue weighted by molar-refractivity contribution is -0.134. The highest BCUT2D eigenvalue weighted by atomic mass is 16.5. The summed E-state index contributed by atoms with van der Waals surface area (Å²) in [5.41, 5.74) is 0. The molecule has 0 saturated carbocycles. The summed E-state index contributed by atoms with van der Waals surface area (Å²) in [6.07, 6.45) is 40.1. The van der Waals surface area contributed by atoms with E-state index in [9.17, 15) is 0 Å². The van der Waals surface area contributed by atoms with Gasteiger partial charge in [0, 0.05) is 33.2 Å². The zero-order valence-electron chi connectivity index (χ0n) is 30.2. The minimum absolute atomic E-state index is 0.139. The van der Waals surface area contributed by atoms with Crippen LogP contribution >= 0.6 is 0 Å². The zero-order chi connectivity index (χ0) is 33.0. The average Bonchev–Trinajstić information content (AvgIpc) is 3.00. The molecular formula is C38H81NO5. The fourth-order valence-corrected chi connectivity index (χ4v) is 5.18. The number of aliphatic hydroxyl groups is 2. The van der Waals surface area contributed by atoms with Gasteiger partial charge in [-0.15, -0.1) is 0 Å². The molecule has 4 N–H and O–H groups in total. The maximum Gasteiger partial charge on any atom is 0.300 e. The van der Waals surface area contributed by atoms with Crippen LogP contribution in [0.2, 0.25) is 0 Å². The first-order valence-corrected chi connectivity index (χ1v) is 19.3.